The molecule has 0 bridgehead atoms. The van der Waals surface area contributed by atoms with E-state index in [1.807, 2.05) is 6.92 Å². The van der Waals surface area contributed by atoms with Gasteiger partial charge >= 0.3 is 0 Å². The second-order valence-electron chi connectivity index (χ2n) is 4.46. The van der Waals surface area contributed by atoms with Crippen LogP contribution in [0.1, 0.15) is 6.92 Å². The topological polar surface area (TPSA) is 57.5 Å². The summed E-state index contributed by atoms with van der Waals surface area (Å²) < 4.78 is 13.1. The first-order valence-corrected chi connectivity index (χ1v) is 7.72. The Kier molecular flexibility index (Phi) is 2.29. The largest absolute Gasteiger partial charge is 0.508 e. The van der Waals surface area contributed by atoms with Gasteiger partial charge in [0.15, 0.2) is 0 Å². The van der Waals surface area contributed by atoms with E-state index < -0.39 is 7.14 Å². The van der Waals surface area contributed by atoms with Crippen molar-refractivity contribution < 1.29 is 14.8 Å². The van der Waals surface area contributed by atoms with Gasteiger partial charge in [-0.15, -0.1) is 0 Å². The number of hydrogen-bond acceptors (Lipinski definition) is 3. The van der Waals surface area contributed by atoms with Crippen LogP contribution in [-0.2, 0) is 4.57 Å². The highest BCUT2D eigenvalue weighted by molar-refractivity contribution is 7.79. The average Bonchev–Trinajstić information content (AvgIpc) is 2.60. The monoisotopic (exact) mass is 260 g/mol. The van der Waals surface area contributed by atoms with E-state index in [1.54, 1.807) is 36.4 Å². The Morgan fingerprint density at radius 2 is 1.39 bits per heavy atom. The van der Waals surface area contributed by atoms with Crippen LogP contribution in [0, 0.1) is 0 Å². The van der Waals surface area contributed by atoms with Crippen molar-refractivity contribution in [2.75, 3.05) is 6.16 Å². The molecule has 0 atom stereocenters. The van der Waals surface area contributed by atoms with Crippen molar-refractivity contribution in [3.63, 3.8) is 0 Å². The van der Waals surface area contributed by atoms with Gasteiger partial charge in [-0.3, -0.25) is 0 Å². The summed E-state index contributed by atoms with van der Waals surface area (Å²) in [4.78, 5) is 0. The van der Waals surface area contributed by atoms with Gasteiger partial charge in [-0.1, -0.05) is 6.92 Å². The second kappa shape index (κ2) is 3.63. The minimum atomic E-state index is -2.59. The van der Waals surface area contributed by atoms with E-state index in [0.29, 0.717) is 6.16 Å². The molecule has 0 aromatic heterocycles. The van der Waals surface area contributed by atoms with Crippen LogP contribution in [0.4, 0.5) is 0 Å². The van der Waals surface area contributed by atoms with Crippen molar-refractivity contribution in [1.82, 2.24) is 0 Å². The van der Waals surface area contributed by atoms with E-state index >= 15 is 0 Å². The molecule has 3 nitrogen and oxygen atoms in total. The van der Waals surface area contributed by atoms with Crippen molar-refractivity contribution in [2.24, 2.45) is 0 Å². The molecule has 0 amide bonds. The standard InChI is InChI=1S/C14H13O3P/c1-2-18(17)13-5-3-9(15)7-11(13)12-8-10(16)4-6-14(12)18/h3-8,15-16H,2H2,1H3. The predicted octanol–water partition coefficient (Wildman–Crippen LogP) is 2.41. The summed E-state index contributed by atoms with van der Waals surface area (Å²) in [6.07, 6.45) is 0.544. The maximum Gasteiger partial charge on any atom is 0.144 e. The fourth-order valence-corrected chi connectivity index (χ4v) is 5.30. The zero-order valence-corrected chi connectivity index (χ0v) is 10.8. The molecule has 2 aromatic carbocycles. The first-order valence-electron chi connectivity index (χ1n) is 5.83. The highest BCUT2D eigenvalue weighted by Gasteiger charge is 2.37. The summed E-state index contributed by atoms with van der Waals surface area (Å²) in [7, 11) is -2.59. The van der Waals surface area contributed by atoms with Gasteiger partial charge in [-0.2, -0.15) is 0 Å². The van der Waals surface area contributed by atoms with E-state index in [0.717, 1.165) is 21.7 Å². The smallest absolute Gasteiger partial charge is 0.144 e. The molecule has 0 saturated heterocycles. The van der Waals surface area contributed by atoms with Gasteiger partial charge in [0.2, 0.25) is 0 Å². The second-order valence-corrected chi connectivity index (χ2v) is 7.53. The van der Waals surface area contributed by atoms with Gasteiger partial charge in [0.1, 0.15) is 18.6 Å². The van der Waals surface area contributed by atoms with Crippen LogP contribution in [0.2, 0.25) is 0 Å². The van der Waals surface area contributed by atoms with Gasteiger partial charge in [-0.05, 0) is 47.5 Å². The summed E-state index contributed by atoms with van der Waals surface area (Å²) in [5.74, 6) is 0.292. The van der Waals surface area contributed by atoms with Crippen LogP contribution >= 0.6 is 7.14 Å². The molecule has 0 aliphatic carbocycles. The van der Waals surface area contributed by atoms with Gasteiger partial charge in [0, 0.05) is 16.8 Å². The third kappa shape index (κ3) is 1.34. The minimum Gasteiger partial charge on any atom is -0.508 e. The van der Waals surface area contributed by atoms with Crippen LogP contribution in [0.15, 0.2) is 36.4 Å². The van der Waals surface area contributed by atoms with E-state index in [-0.39, 0.29) is 11.5 Å². The molecular weight excluding hydrogens is 247 g/mol. The van der Waals surface area contributed by atoms with Crippen molar-refractivity contribution >= 4 is 17.8 Å². The van der Waals surface area contributed by atoms with Crippen LogP contribution in [0.5, 0.6) is 11.5 Å². The van der Waals surface area contributed by atoms with Gasteiger partial charge in [0.25, 0.3) is 0 Å². The molecule has 2 aromatic rings. The number of hydrogen-bond donors (Lipinski definition) is 2. The van der Waals surface area contributed by atoms with Crippen LogP contribution < -0.4 is 10.6 Å². The molecule has 92 valence electrons. The lowest BCUT2D eigenvalue weighted by atomic mass is 10.1. The molecule has 1 heterocycles. The summed E-state index contributed by atoms with van der Waals surface area (Å²) in [6.45, 7) is 1.90. The number of fused-ring (bicyclic) bond motifs is 3. The zero-order valence-electron chi connectivity index (χ0n) is 9.92. The lowest BCUT2D eigenvalue weighted by Gasteiger charge is -2.12. The summed E-state index contributed by atoms with van der Waals surface area (Å²) in [5, 5.41) is 20.7. The predicted molar refractivity (Wildman–Crippen MR) is 72.6 cm³/mol. The van der Waals surface area contributed by atoms with Crippen LogP contribution in [0.3, 0.4) is 0 Å². The molecule has 0 unspecified atom stereocenters. The third-order valence-corrected chi connectivity index (χ3v) is 6.70. The van der Waals surface area contributed by atoms with Gasteiger partial charge < -0.3 is 14.8 Å². The van der Waals surface area contributed by atoms with Gasteiger partial charge in [-0.25, -0.2) is 0 Å². The molecular formula is C14H13O3P. The summed E-state index contributed by atoms with van der Waals surface area (Å²) in [6, 6.07) is 9.81. The third-order valence-electron chi connectivity index (χ3n) is 3.47. The molecule has 4 heteroatoms. The highest BCUT2D eigenvalue weighted by Crippen LogP contribution is 2.53. The lowest BCUT2D eigenvalue weighted by Crippen LogP contribution is -2.11. The quantitative estimate of drug-likeness (QED) is 0.774. The molecule has 1 aliphatic rings. The molecule has 1 aliphatic heterocycles. The SMILES string of the molecule is CCP1(=O)c2ccc(O)cc2-c2cc(O)ccc21. The van der Waals surface area contributed by atoms with Crippen molar-refractivity contribution in [2.45, 2.75) is 6.92 Å². The Bertz CT molecular complexity index is 636. The van der Waals surface area contributed by atoms with Crippen molar-refractivity contribution in [1.29, 1.82) is 0 Å². The fraction of sp³-hybridized carbons (Fsp3) is 0.143. The van der Waals surface area contributed by atoms with Crippen LogP contribution in [0.25, 0.3) is 11.1 Å². The summed E-state index contributed by atoms with van der Waals surface area (Å²) in [5.41, 5.74) is 1.54. The number of rotatable bonds is 1. The van der Waals surface area contributed by atoms with Crippen molar-refractivity contribution in [3.8, 4) is 22.6 Å². The molecule has 18 heavy (non-hydrogen) atoms. The Balaban J connectivity index is 2.42. The first kappa shape index (κ1) is 11.4. The summed E-state index contributed by atoms with van der Waals surface area (Å²) >= 11 is 0. The normalized spacial score (nSPS) is 15.2. The molecule has 0 radical (unpaired) electrons. The number of phenols is 2. The number of benzene rings is 2. The Hall–Kier alpha value is -1.73. The fourth-order valence-electron chi connectivity index (χ4n) is 2.58. The van der Waals surface area contributed by atoms with E-state index in [1.165, 1.54) is 0 Å². The first-order chi connectivity index (χ1) is 8.56. The maximum atomic E-state index is 13.1. The van der Waals surface area contributed by atoms with E-state index in [9.17, 15) is 14.8 Å². The van der Waals surface area contributed by atoms with E-state index in [2.05, 4.69) is 0 Å². The number of aromatic hydroxyl groups is 2. The van der Waals surface area contributed by atoms with E-state index in [4.69, 9.17) is 0 Å². The Labute approximate surface area is 105 Å². The molecule has 0 saturated carbocycles. The molecule has 0 fully saturated rings. The molecule has 0 spiro atoms. The number of phenolic OH excluding ortho intramolecular Hbond substituents is 2. The highest BCUT2D eigenvalue weighted by atomic mass is 31.2. The molecule has 3 rings (SSSR count). The van der Waals surface area contributed by atoms with Crippen molar-refractivity contribution in [3.05, 3.63) is 36.4 Å². The van der Waals surface area contributed by atoms with Gasteiger partial charge in [0.05, 0.1) is 0 Å². The van der Waals surface area contributed by atoms with Crippen LogP contribution in [-0.4, -0.2) is 16.4 Å². The minimum absolute atomic E-state index is 0.146. The Morgan fingerprint density at radius 1 is 0.944 bits per heavy atom. The lowest BCUT2D eigenvalue weighted by molar-refractivity contribution is 0.474. The Morgan fingerprint density at radius 3 is 1.78 bits per heavy atom. The average molecular weight is 260 g/mol. The maximum absolute atomic E-state index is 13.1. The zero-order chi connectivity index (χ0) is 12.9. The molecule has 2 N–H and O–H groups in total.